The Hall–Kier alpha value is -0.530. The normalized spacial score (nSPS) is 12.3. The summed E-state index contributed by atoms with van der Waals surface area (Å²) in [4.78, 5) is 0. The highest BCUT2D eigenvalue weighted by atomic mass is 32.2. The average Bonchev–Trinajstić information content (AvgIpc) is 2.30. The van der Waals surface area contributed by atoms with Crippen molar-refractivity contribution in [1.29, 1.82) is 0 Å². The molecule has 5 nitrogen and oxygen atoms in total. The maximum absolute atomic E-state index is 10.8. The Balaban J connectivity index is 3.09. The number of nitrogens with zero attached hydrogens (tertiary/aromatic N) is 2. The second-order valence-corrected chi connectivity index (χ2v) is 5.35. The first-order chi connectivity index (χ1) is 5.41. The standard InChI is InChI=1S/C5H9N3O2S2/c1-3(2)4-7-8-5(11-4)12(6,9)10/h3H,1-2H3,(H2,6,9,10). The molecule has 7 heteroatoms. The predicted molar refractivity (Wildman–Crippen MR) is 45.4 cm³/mol. The van der Waals surface area contributed by atoms with Crippen molar-refractivity contribution in [1.82, 2.24) is 10.2 Å². The van der Waals surface area contributed by atoms with Crippen LogP contribution >= 0.6 is 11.3 Å². The molecule has 0 aliphatic heterocycles. The molecule has 0 fully saturated rings. The van der Waals surface area contributed by atoms with Crippen LogP contribution in [0, 0.1) is 0 Å². The molecule has 0 aromatic carbocycles. The lowest BCUT2D eigenvalue weighted by Gasteiger charge is -1.93. The van der Waals surface area contributed by atoms with Crippen LogP contribution in [0.1, 0.15) is 24.8 Å². The van der Waals surface area contributed by atoms with E-state index in [-0.39, 0.29) is 10.3 Å². The molecule has 1 aromatic rings. The summed E-state index contributed by atoms with van der Waals surface area (Å²) in [6.07, 6.45) is 0. The summed E-state index contributed by atoms with van der Waals surface area (Å²) in [6.45, 7) is 3.82. The summed E-state index contributed by atoms with van der Waals surface area (Å²) in [5.74, 6) is 0.179. The van der Waals surface area contributed by atoms with Crippen LogP contribution in [0.4, 0.5) is 0 Å². The van der Waals surface area contributed by atoms with Gasteiger partial charge >= 0.3 is 0 Å². The smallest absolute Gasteiger partial charge is 0.223 e. The largest absolute Gasteiger partial charge is 0.267 e. The van der Waals surface area contributed by atoms with Crippen molar-refractivity contribution in [3.05, 3.63) is 5.01 Å². The highest BCUT2D eigenvalue weighted by molar-refractivity contribution is 7.91. The van der Waals surface area contributed by atoms with E-state index in [0.717, 1.165) is 11.3 Å². The van der Waals surface area contributed by atoms with Crippen molar-refractivity contribution < 1.29 is 8.42 Å². The Kier molecular flexibility index (Phi) is 2.45. The van der Waals surface area contributed by atoms with Crippen molar-refractivity contribution >= 4 is 21.4 Å². The van der Waals surface area contributed by atoms with E-state index in [4.69, 9.17) is 5.14 Å². The quantitative estimate of drug-likeness (QED) is 0.756. The van der Waals surface area contributed by atoms with Crippen LogP contribution in [0.3, 0.4) is 0 Å². The Labute approximate surface area is 74.7 Å². The number of aromatic nitrogens is 2. The van der Waals surface area contributed by atoms with Crippen LogP contribution in [0.15, 0.2) is 4.34 Å². The fourth-order valence-corrected chi connectivity index (χ4v) is 2.02. The number of sulfonamides is 1. The minimum Gasteiger partial charge on any atom is -0.223 e. The van der Waals surface area contributed by atoms with E-state index in [1.165, 1.54) is 0 Å². The highest BCUT2D eigenvalue weighted by Crippen LogP contribution is 2.20. The fraction of sp³-hybridized carbons (Fsp3) is 0.600. The van der Waals surface area contributed by atoms with Gasteiger partial charge in [-0.15, -0.1) is 10.2 Å². The number of primary sulfonamides is 1. The molecule has 1 heterocycles. The zero-order valence-electron chi connectivity index (χ0n) is 6.68. The molecule has 0 unspecified atom stereocenters. The van der Waals surface area contributed by atoms with E-state index in [9.17, 15) is 8.42 Å². The van der Waals surface area contributed by atoms with Crippen LogP contribution < -0.4 is 5.14 Å². The van der Waals surface area contributed by atoms with E-state index in [2.05, 4.69) is 10.2 Å². The van der Waals surface area contributed by atoms with Crippen molar-refractivity contribution in [3.63, 3.8) is 0 Å². The van der Waals surface area contributed by atoms with E-state index >= 15 is 0 Å². The molecule has 2 N–H and O–H groups in total. The SMILES string of the molecule is CC(C)c1nnc(S(N)(=O)=O)s1. The van der Waals surface area contributed by atoms with E-state index in [0.29, 0.717) is 5.01 Å². The molecule has 0 bridgehead atoms. The summed E-state index contributed by atoms with van der Waals surface area (Å²) < 4.78 is 21.4. The zero-order valence-corrected chi connectivity index (χ0v) is 8.32. The first-order valence-electron chi connectivity index (χ1n) is 3.27. The molecule has 0 aliphatic carbocycles. The van der Waals surface area contributed by atoms with Crippen LogP contribution in [0.25, 0.3) is 0 Å². The molecule has 0 saturated carbocycles. The number of nitrogens with two attached hydrogens (primary N) is 1. The molecule has 1 rings (SSSR count). The summed E-state index contributed by atoms with van der Waals surface area (Å²) in [5, 5.41) is 12.7. The van der Waals surface area contributed by atoms with Crippen molar-refractivity contribution in [2.45, 2.75) is 24.1 Å². The van der Waals surface area contributed by atoms with Gasteiger partial charge in [0.1, 0.15) is 5.01 Å². The molecule has 0 spiro atoms. The van der Waals surface area contributed by atoms with Gasteiger partial charge in [-0.2, -0.15) is 0 Å². The Bertz CT molecular complexity index is 368. The van der Waals surface area contributed by atoms with E-state index < -0.39 is 10.0 Å². The van der Waals surface area contributed by atoms with Crippen LogP contribution in [0.2, 0.25) is 0 Å². The van der Waals surface area contributed by atoms with Gasteiger partial charge in [-0.1, -0.05) is 25.2 Å². The van der Waals surface area contributed by atoms with Gasteiger partial charge in [0.05, 0.1) is 0 Å². The maximum Gasteiger partial charge on any atom is 0.267 e. The monoisotopic (exact) mass is 207 g/mol. The molecule has 68 valence electrons. The third kappa shape index (κ3) is 1.99. The molecule has 0 radical (unpaired) electrons. The van der Waals surface area contributed by atoms with Crippen LogP contribution in [-0.4, -0.2) is 18.6 Å². The lowest BCUT2D eigenvalue weighted by molar-refractivity contribution is 0.595. The topological polar surface area (TPSA) is 85.9 Å². The molecule has 0 aliphatic rings. The third-order valence-corrected chi connectivity index (χ3v) is 3.69. The minimum atomic E-state index is -3.67. The van der Waals surface area contributed by atoms with Gasteiger partial charge in [-0.05, 0) is 0 Å². The second kappa shape index (κ2) is 3.08. The Morgan fingerprint density at radius 1 is 1.42 bits per heavy atom. The van der Waals surface area contributed by atoms with Gasteiger partial charge in [-0.25, -0.2) is 13.6 Å². The molecule has 0 atom stereocenters. The number of rotatable bonds is 2. The summed E-state index contributed by atoms with van der Waals surface area (Å²) in [6, 6.07) is 0. The van der Waals surface area contributed by atoms with Gasteiger partial charge in [0.2, 0.25) is 4.34 Å². The molecule has 12 heavy (non-hydrogen) atoms. The Morgan fingerprint density at radius 3 is 2.25 bits per heavy atom. The second-order valence-electron chi connectivity index (χ2n) is 2.61. The first kappa shape index (κ1) is 9.56. The van der Waals surface area contributed by atoms with Crippen molar-refractivity contribution in [3.8, 4) is 0 Å². The van der Waals surface area contributed by atoms with E-state index in [1.807, 2.05) is 13.8 Å². The summed E-state index contributed by atoms with van der Waals surface area (Å²) in [5.41, 5.74) is 0. The highest BCUT2D eigenvalue weighted by Gasteiger charge is 2.15. The van der Waals surface area contributed by atoms with Gasteiger partial charge in [-0.3, -0.25) is 0 Å². The van der Waals surface area contributed by atoms with Crippen LogP contribution in [-0.2, 0) is 10.0 Å². The molecule has 1 aromatic heterocycles. The molecule has 0 amide bonds. The van der Waals surface area contributed by atoms with Gasteiger partial charge in [0, 0.05) is 5.92 Å². The maximum atomic E-state index is 10.8. The van der Waals surface area contributed by atoms with Crippen LogP contribution in [0.5, 0.6) is 0 Å². The predicted octanol–water partition coefficient (Wildman–Crippen LogP) is 0.309. The average molecular weight is 207 g/mol. The van der Waals surface area contributed by atoms with Gasteiger partial charge in [0.25, 0.3) is 10.0 Å². The van der Waals surface area contributed by atoms with Crippen molar-refractivity contribution in [2.24, 2.45) is 5.14 Å². The molecular formula is C5H9N3O2S2. The molecular weight excluding hydrogens is 198 g/mol. The van der Waals surface area contributed by atoms with E-state index in [1.54, 1.807) is 0 Å². The van der Waals surface area contributed by atoms with Gasteiger partial charge < -0.3 is 0 Å². The molecule has 0 saturated heterocycles. The lowest BCUT2D eigenvalue weighted by Crippen LogP contribution is -2.11. The first-order valence-corrected chi connectivity index (χ1v) is 5.63. The Morgan fingerprint density at radius 2 is 2.00 bits per heavy atom. The lowest BCUT2D eigenvalue weighted by atomic mass is 10.2. The third-order valence-electron chi connectivity index (χ3n) is 1.16. The van der Waals surface area contributed by atoms with Gasteiger partial charge in [0.15, 0.2) is 0 Å². The van der Waals surface area contributed by atoms with Crippen molar-refractivity contribution in [2.75, 3.05) is 0 Å². The number of hydrogen-bond donors (Lipinski definition) is 1. The number of hydrogen-bond acceptors (Lipinski definition) is 5. The zero-order chi connectivity index (χ0) is 9.35. The summed E-state index contributed by atoms with van der Waals surface area (Å²) in [7, 11) is -3.67. The minimum absolute atomic E-state index is 0.119. The summed E-state index contributed by atoms with van der Waals surface area (Å²) >= 11 is 1.01. The fourth-order valence-electron chi connectivity index (χ4n) is 0.569.